The van der Waals surface area contributed by atoms with Crippen LogP contribution in [-0.4, -0.2) is 29.9 Å². The number of hydrogen-bond acceptors (Lipinski definition) is 2. The Balaban J connectivity index is 1.92. The molecule has 1 saturated heterocycles. The van der Waals surface area contributed by atoms with Crippen molar-refractivity contribution in [3.63, 3.8) is 0 Å². The third kappa shape index (κ3) is 2.51. The van der Waals surface area contributed by atoms with Gasteiger partial charge in [-0.15, -0.1) is 0 Å². The predicted octanol–water partition coefficient (Wildman–Crippen LogP) is 2.78. The van der Waals surface area contributed by atoms with Gasteiger partial charge in [0.2, 0.25) is 0 Å². The van der Waals surface area contributed by atoms with E-state index in [0.717, 1.165) is 33.8 Å². The summed E-state index contributed by atoms with van der Waals surface area (Å²) in [7, 11) is 0. The molecule has 0 bridgehead atoms. The van der Waals surface area contributed by atoms with Gasteiger partial charge in [0, 0.05) is 29.2 Å². The van der Waals surface area contributed by atoms with Gasteiger partial charge in [-0.3, -0.25) is 4.79 Å². The molecule has 19 heavy (non-hydrogen) atoms. The number of fused-ring (bicyclic) bond motifs is 1. The molecular formula is C15H15BrN2O. The Morgan fingerprint density at radius 1 is 1.21 bits per heavy atom. The Kier molecular flexibility index (Phi) is 3.29. The first kappa shape index (κ1) is 12.6. The zero-order valence-corrected chi connectivity index (χ0v) is 12.1. The third-order valence-electron chi connectivity index (χ3n) is 3.56. The van der Waals surface area contributed by atoms with Crippen LogP contribution in [0.25, 0.3) is 10.8 Å². The molecule has 0 radical (unpaired) electrons. The number of carbonyl (C=O) groups is 1. The number of halogens is 1. The Morgan fingerprint density at radius 3 is 2.68 bits per heavy atom. The van der Waals surface area contributed by atoms with E-state index < -0.39 is 0 Å². The minimum atomic E-state index is 0.0813. The molecule has 2 aromatic carbocycles. The van der Waals surface area contributed by atoms with Crippen molar-refractivity contribution in [3.05, 3.63) is 46.4 Å². The van der Waals surface area contributed by atoms with Gasteiger partial charge in [0.1, 0.15) is 0 Å². The summed E-state index contributed by atoms with van der Waals surface area (Å²) in [6.45, 7) is 1.43. The van der Waals surface area contributed by atoms with Gasteiger partial charge in [-0.1, -0.05) is 28.1 Å². The summed E-state index contributed by atoms with van der Waals surface area (Å²) in [5, 5.41) is 2.21. The van der Waals surface area contributed by atoms with E-state index in [1.807, 2.05) is 35.2 Å². The average Bonchev–Trinajstić information content (AvgIpc) is 2.84. The molecule has 1 heterocycles. The molecule has 2 N–H and O–H groups in total. The van der Waals surface area contributed by atoms with Gasteiger partial charge in [0.05, 0.1) is 0 Å². The Labute approximate surface area is 120 Å². The maximum absolute atomic E-state index is 12.4. The van der Waals surface area contributed by atoms with Crippen LogP contribution < -0.4 is 5.73 Å². The number of benzene rings is 2. The fourth-order valence-electron chi connectivity index (χ4n) is 2.50. The van der Waals surface area contributed by atoms with E-state index in [1.165, 1.54) is 0 Å². The molecule has 1 aliphatic rings. The summed E-state index contributed by atoms with van der Waals surface area (Å²) >= 11 is 3.45. The highest BCUT2D eigenvalue weighted by atomic mass is 79.9. The molecule has 0 aromatic heterocycles. The smallest absolute Gasteiger partial charge is 0.253 e. The molecule has 98 valence electrons. The van der Waals surface area contributed by atoms with Crippen LogP contribution in [0.1, 0.15) is 16.8 Å². The zero-order valence-electron chi connectivity index (χ0n) is 10.5. The van der Waals surface area contributed by atoms with Crippen LogP contribution >= 0.6 is 15.9 Å². The quantitative estimate of drug-likeness (QED) is 0.878. The number of likely N-dealkylation sites (tertiary alicyclic amines) is 1. The molecule has 1 aliphatic heterocycles. The summed E-state index contributed by atoms with van der Waals surface area (Å²) in [6, 6.07) is 12.0. The second kappa shape index (κ2) is 4.94. The Bertz CT molecular complexity index is 641. The fourth-order valence-corrected chi connectivity index (χ4v) is 2.88. The number of nitrogens with two attached hydrogens (primary N) is 1. The van der Waals surface area contributed by atoms with E-state index in [4.69, 9.17) is 5.73 Å². The van der Waals surface area contributed by atoms with Crippen molar-refractivity contribution < 1.29 is 4.79 Å². The minimum absolute atomic E-state index is 0.0813. The summed E-state index contributed by atoms with van der Waals surface area (Å²) in [4.78, 5) is 14.2. The van der Waals surface area contributed by atoms with Gasteiger partial charge in [-0.25, -0.2) is 0 Å². The molecule has 1 atom stereocenters. The molecule has 2 aromatic rings. The molecule has 0 saturated carbocycles. The predicted molar refractivity (Wildman–Crippen MR) is 80.1 cm³/mol. The highest BCUT2D eigenvalue weighted by Crippen LogP contribution is 2.22. The third-order valence-corrected chi connectivity index (χ3v) is 4.05. The van der Waals surface area contributed by atoms with Crippen LogP contribution in [0.5, 0.6) is 0 Å². The first-order chi connectivity index (χ1) is 9.13. The molecule has 3 nitrogen and oxygen atoms in total. The summed E-state index contributed by atoms with van der Waals surface area (Å²) < 4.78 is 1.05. The number of carbonyl (C=O) groups excluding carboxylic acids is 1. The topological polar surface area (TPSA) is 46.3 Å². The molecule has 3 rings (SSSR count). The van der Waals surface area contributed by atoms with Crippen LogP contribution in [0.4, 0.5) is 0 Å². The van der Waals surface area contributed by atoms with E-state index in [0.29, 0.717) is 6.54 Å². The lowest BCUT2D eigenvalue weighted by atomic mass is 10.1. The van der Waals surface area contributed by atoms with Crippen molar-refractivity contribution in [1.29, 1.82) is 0 Å². The molecule has 0 aliphatic carbocycles. The maximum Gasteiger partial charge on any atom is 0.253 e. The van der Waals surface area contributed by atoms with Crippen LogP contribution in [0.2, 0.25) is 0 Å². The molecule has 1 fully saturated rings. The SMILES string of the molecule is N[C@H]1CCN(C(=O)c2ccc3cc(Br)ccc3c2)C1. The van der Waals surface area contributed by atoms with E-state index in [9.17, 15) is 4.79 Å². The van der Waals surface area contributed by atoms with Crippen molar-refractivity contribution in [1.82, 2.24) is 4.90 Å². The van der Waals surface area contributed by atoms with E-state index in [1.54, 1.807) is 0 Å². The monoisotopic (exact) mass is 318 g/mol. The maximum atomic E-state index is 12.4. The molecule has 4 heteroatoms. The zero-order chi connectivity index (χ0) is 13.4. The second-order valence-electron chi connectivity index (χ2n) is 5.01. The van der Waals surface area contributed by atoms with Crippen molar-refractivity contribution in [2.75, 3.05) is 13.1 Å². The van der Waals surface area contributed by atoms with Crippen molar-refractivity contribution in [2.24, 2.45) is 5.73 Å². The van der Waals surface area contributed by atoms with E-state index in [2.05, 4.69) is 22.0 Å². The molecular weight excluding hydrogens is 304 g/mol. The van der Waals surface area contributed by atoms with Crippen LogP contribution in [0.3, 0.4) is 0 Å². The number of rotatable bonds is 1. The summed E-state index contributed by atoms with van der Waals surface area (Å²) in [5.41, 5.74) is 6.59. The highest BCUT2D eigenvalue weighted by Gasteiger charge is 2.24. The largest absolute Gasteiger partial charge is 0.337 e. The number of amides is 1. The highest BCUT2D eigenvalue weighted by molar-refractivity contribution is 9.10. The van der Waals surface area contributed by atoms with Crippen molar-refractivity contribution >= 4 is 32.6 Å². The van der Waals surface area contributed by atoms with Gasteiger partial charge in [0.15, 0.2) is 0 Å². The lowest BCUT2D eigenvalue weighted by Gasteiger charge is -2.16. The van der Waals surface area contributed by atoms with Crippen LogP contribution in [0, 0.1) is 0 Å². The Morgan fingerprint density at radius 2 is 1.95 bits per heavy atom. The fraction of sp³-hybridized carbons (Fsp3) is 0.267. The van der Waals surface area contributed by atoms with Gasteiger partial charge < -0.3 is 10.6 Å². The summed E-state index contributed by atoms with van der Waals surface area (Å²) in [6.07, 6.45) is 0.895. The summed E-state index contributed by atoms with van der Waals surface area (Å²) in [5.74, 6) is 0.0813. The lowest BCUT2D eigenvalue weighted by molar-refractivity contribution is 0.0791. The molecule has 1 amide bonds. The van der Waals surface area contributed by atoms with Gasteiger partial charge in [-0.05, 0) is 41.5 Å². The standard InChI is InChI=1S/C15H15BrN2O/c16-13-4-3-10-7-12(2-1-11(10)8-13)15(19)18-6-5-14(17)9-18/h1-4,7-8,14H,5-6,9,17H2/t14-/m0/s1. The Hall–Kier alpha value is -1.39. The van der Waals surface area contributed by atoms with Gasteiger partial charge >= 0.3 is 0 Å². The van der Waals surface area contributed by atoms with Gasteiger partial charge in [-0.2, -0.15) is 0 Å². The van der Waals surface area contributed by atoms with Crippen LogP contribution in [0.15, 0.2) is 40.9 Å². The van der Waals surface area contributed by atoms with Crippen molar-refractivity contribution in [2.45, 2.75) is 12.5 Å². The number of hydrogen-bond donors (Lipinski definition) is 1. The first-order valence-corrected chi connectivity index (χ1v) is 7.17. The van der Waals surface area contributed by atoms with Crippen LogP contribution in [-0.2, 0) is 0 Å². The molecule has 0 unspecified atom stereocenters. The van der Waals surface area contributed by atoms with E-state index in [-0.39, 0.29) is 11.9 Å². The minimum Gasteiger partial charge on any atom is -0.337 e. The lowest BCUT2D eigenvalue weighted by Crippen LogP contribution is -2.31. The normalized spacial score (nSPS) is 19.1. The second-order valence-corrected chi connectivity index (χ2v) is 5.92. The van der Waals surface area contributed by atoms with E-state index >= 15 is 0 Å². The molecule has 0 spiro atoms. The average molecular weight is 319 g/mol. The number of nitrogens with zero attached hydrogens (tertiary/aromatic N) is 1. The van der Waals surface area contributed by atoms with Crippen molar-refractivity contribution in [3.8, 4) is 0 Å². The van der Waals surface area contributed by atoms with Gasteiger partial charge in [0.25, 0.3) is 5.91 Å². The first-order valence-electron chi connectivity index (χ1n) is 6.38.